The Morgan fingerprint density at radius 3 is 2.76 bits per heavy atom. The molecule has 0 spiro atoms. The number of rotatable bonds is 2. The van der Waals surface area contributed by atoms with E-state index in [1.54, 1.807) is 12.3 Å². The summed E-state index contributed by atoms with van der Waals surface area (Å²) in [5.41, 5.74) is 2.52. The third-order valence-electron chi connectivity index (χ3n) is 2.31. The fourth-order valence-corrected chi connectivity index (χ4v) is 1.64. The number of aromatic nitrogens is 1. The van der Waals surface area contributed by atoms with Crippen molar-refractivity contribution < 1.29 is 4.79 Å². The lowest BCUT2D eigenvalue weighted by atomic mass is 10.2. The number of anilines is 1. The van der Waals surface area contributed by atoms with E-state index in [9.17, 15) is 4.79 Å². The fourth-order valence-electron chi connectivity index (χ4n) is 1.64. The van der Waals surface area contributed by atoms with Gasteiger partial charge in [-0.3, -0.25) is 9.78 Å². The van der Waals surface area contributed by atoms with Crippen molar-refractivity contribution in [1.29, 1.82) is 0 Å². The molecular formula is C14H14N2O. The van der Waals surface area contributed by atoms with Crippen LogP contribution >= 0.6 is 0 Å². The quantitative estimate of drug-likeness (QED) is 0.799. The van der Waals surface area contributed by atoms with Gasteiger partial charge in [-0.25, -0.2) is 0 Å². The maximum absolute atomic E-state index is 11.7. The zero-order chi connectivity index (χ0) is 12.3. The molecule has 0 aliphatic heterocycles. The molecule has 0 saturated carbocycles. The first kappa shape index (κ1) is 11.3. The number of hydrogen-bond donors (Lipinski definition) is 1. The monoisotopic (exact) mass is 226 g/mol. The van der Waals surface area contributed by atoms with E-state index in [1.807, 2.05) is 44.2 Å². The smallest absolute Gasteiger partial charge is 0.248 e. The van der Waals surface area contributed by atoms with Crippen LogP contribution in [0, 0.1) is 0 Å². The molecule has 1 aromatic carbocycles. The molecule has 0 bridgehead atoms. The predicted molar refractivity (Wildman–Crippen MR) is 69.8 cm³/mol. The summed E-state index contributed by atoms with van der Waals surface area (Å²) in [4.78, 5) is 15.9. The average molecular weight is 226 g/mol. The normalized spacial score (nSPS) is 10.0. The molecule has 17 heavy (non-hydrogen) atoms. The molecule has 0 fully saturated rings. The highest BCUT2D eigenvalue weighted by atomic mass is 16.1. The predicted octanol–water partition coefficient (Wildman–Crippen LogP) is 3.14. The minimum absolute atomic E-state index is 0.122. The Morgan fingerprint density at radius 1 is 1.24 bits per heavy atom. The number of para-hydroxylation sites is 1. The second-order valence-corrected chi connectivity index (χ2v) is 4.09. The van der Waals surface area contributed by atoms with Crippen molar-refractivity contribution >= 4 is 22.5 Å². The fraction of sp³-hybridized carbons (Fsp3) is 0.143. The summed E-state index contributed by atoms with van der Waals surface area (Å²) in [5, 5.41) is 3.85. The number of fused-ring (bicyclic) bond motifs is 1. The third-order valence-corrected chi connectivity index (χ3v) is 2.31. The van der Waals surface area contributed by atoms with Gasteiger partial charge in [-0.15, -0.1) is 0 Å². The molecule has 1 N–H and O–H groups in total. The van der Waals surface area contributed by atoms with Crippen LogP contribution in [0.3, 0.4) is 0 Å². The van der Waals surface area contributed by atoms with Crippen LogP contribution in [0.25, 0.3) is 10.9 Å². The summed E-state index contributed by atoms with van der Waals surface area (Å²) >= 11 is 0. The molecule has 1 aromatic heterocycles. The van der Waals surface area contributed by atoms with Gasteiger partial charge in [0.25, 0.3) is 0 Å². The molecule has 0 aliphatic carbocycles. The van der Waals surface area contributed by atoms with Crippen molar-refractivity contribution in [1.82, 2.24) is 4.98 Å². The molecule has 2 rings (SSSR count). The number of pyridine rings is 1. The van der Waals surface area contributed by atoms with Gasteiger partial charge in [0, 0.05) is 17.7 Å². The van der Waals surface area contributed by atoms with E-state index in [4.69, 9.17) is 0 Å². The summed E-state index contributed by atoms with van der Waals surface area (Å²) in [6.45, 7) is 3.78. The lowest BCUT2D eigenvalue weighted by Crippen LogP contribution is -2.09. The largest absolute Gasteiger partial charge is 0.321 e. The number of amides is 1. The highest BCUT2D eigenvalue weighted by molar-refractivity contribution is 6.05. The van der Waals surface area contributed by atoms with Crippen LogP contribution < -0.4 is 5.32 Å². The third kappa shape index (κ3) is 2.69. The Kier molecular flexibility index (Phi) is 3.19. The van der Waals surface area contributed by atoms with Crippen LogP contribution in [-0.2, 0) is 4.79 Å². The van der Waals surface area contributed by atoms with E-state index in [2.05, 4.69) is 10.3 Å². The van der Waals surface area contributed by atoms with Crippen LogP contribution in [0.5, 0.6) is 0 Å². The SMILES string of the molecule is CC(C)=CC(=O)Nc1cccc2cccnc12. The first-order valence-corrected chi connectivity index (χ1v) is 5.46. The topological polar surface area (TPSA) is 42.0 Å². The lowest BCUT2D eigenvalue weighted by molar-refractivity contribution is -0.111. The van der Waals surface area contributed by atoms with Crippen molar-refractivity contribution in [2.75, 3.05) is 5.32 Å². The number of carbonyl (C=O) groups is 1. The number of hydrogen-bond acceptors (Lipinski definition) is 2. The van der Waals surface area contributed by atoms with E-state index in [-0.39, 0.29) is 5.91 Å². The van der Waals surface area contributed by atoms with Crippen molar-refractivity contribution in [3.63, 3.8) is 0 Å². The van der Waals surface area contributed by atoms with Gasteiger partial charge in [-0.2, -0.15) is 0 Å². The lowest BCUT2D eigenvalue weighted by Gasteiger charge is -2.05. The Balaban J connectivity index is 2.36. The number of nitrogens with zero attached hydrogens (tertiary/aromatic N) is 1. The highest BCUT2D eigenvalue weighted by Crippen LogP contribution is 2.20. The second-order valence-electron chi connectivity index (χ2n) is 4.09. The number of carbonyl (C=O) groups excluding carboxylic acids is 1. The molecule has 2 aromatic rings. The first-order valence-electron chi connectivity index (χ1n) is 5.46. The van der Waals surface area contributed by atoms with Gasteiger partial charge in [0.1, 0.15) is 0 Å². The minimum Gasteiger partial charge on any atom is -0.321 e. The maximum Gasteiger partial charge on any atom is 0.248 e. The van der Waals surface area contributed by atoms with E-state index >= 15 is 0 Å². The van der Waals surface area contributed by atoms with Gasteiger partial charge in [0.15, 0.2) is 0 Å². The number of benzene rings is 1. The number of nitrogens with one attached hydrogen (secondary N) is 1. The molecule has 0 radical (unpaired) electrons. The van der Waals surface area contributed by atoms with Crippen LogP contribution in [-0.4, -0.2) is 10.9 Å². The van der Waals surface area contributed by atoms with E-state index in [1.165, 1.54) is 0 Å². The van der Waals surface area contributed by atoms with Gasteiger partial charge in [0.2, 0.25) is 5.91 Å². The molecule has 1 amide bonds. The molecule has 1 heterocycles. The van der Waals surface area contributed by atoms with E-state index < -0.39 is 0 Å². The summed E-state index contributed by atoms with van der Waals surface area (Å²) in [6.07, 6.45) is 3.29. The molecule has 3 nitrogen and oxygen atoms in total. The summed E-state index contributed by atoms with van der Waals surface area (Å²) < 4.78 is 0. The van der Waals surface area contributed by atoms with Crippen molar-refractivity contribution in [3.05, 3.63) is 48.2 Å². The van der Waals surface area contributed by atoms with Crippen molar-refractivity contribution in [3.8, 4) is 0 Å². The Morgan fingerprint density at radius 2 is 2.00 bits per heavy atom. The molecule has 0 saturated heterocycles. The zero-order valence-corrected chi connectivity index (χ0v) is 9.90. The summed E-state index contributed by atoms with van der Waals surface area (Å²) in [5.74, 6) is -0.122. The van der Waals surface area contributed by atoms with Crippen LogP contribution in [0.15, 0.2) is 48.2 Å². The van der Waals surface area contributed by atoms with Gasteiger partial charge in [0.05, 0.1) is 11.2 Å². The van der Waals surface area contributed by atoms with Crippen molar-refractivity contribution in [2.45, 2.75) is 13.8 Å². The van der Waals surface area contributed by atoms with E-state index in [0.29, 0.717) is 0 Å². The summed E-state index contributed by atoms with van der Waals surface area (Å²) in [6, 6.07) is 9.58. The van der Waals surface area contributed by atoms with Gasteiger partial charge in [-0.05, 0) is 26.0 Å². The molecule has 3 heteroatoms. The molecular weight excluding hydrogens is 212 g/mol. The van der Waals surface area contributed by atoms with Gasteiger partial charge < -0.3 is 5.32 Å². The molecule has 0 unspecified atom stereocenters. The maximum atomic E-state index is 11.7. The summed E-state index contributed by atoms with van der Waals surface area (Å²) in [7, 11) is 0. The number of allylic oxidation sites excluding steroid dienone is 1. The van der Waals surface area contributed by atoms with Gasteiger partial charge >= 0.3 is 0 Å². The zero-order valence-electron chi connectivity index (χ0n) is 9.90. The molecule has 0 aliphatic rings. The van der Waals surface area contributed by atoms with E-state index in [0.717, 1.165) is 22.2 Å². The Bertz CT molecular complexity index is 578. The first-order chi connectivity index (χ1) is 8.16. The van der Waals surface area contributed by atoms with Gasteiger partial charge in [-0.1, -0.05) is 23.8 Å². The molecule has 86 valence electrons. The highest BCUT2D eigenvalue weighted by Gasteiger charge is 2.03. The second kappa shape index (κ2) is 4.78. The van der Waals surface area contributed by atoms with Crippen LogP contribution in [0.2, 0.25) is 0 Å². The molecule has 0 atom stereocenters. The standard InChI is InChI=1S/C14H14N2O/c1-10(2)9-13(17)16-12-7-3-5-11-6-4-8-15-14(11)12/h3-9H,1-2H3,(H,16,17). The minimum atomic E-state index is -0.122. The Labute approximate surface area is 100 Å². The average Bonchev–Trinajstić information content (AvgIpc) is 2.28. The van der Waals surface area contributed by atoms with Crippen LogP contribution in [0.1, 0.15) is 13.8 Å². The van der Waals surface area contributed by atoms with Crippen molar-refractivity contribution in [2.24, 2.45) is 0 Å². The van der Waals surface area contributed by atoms with Crippen LogP contribution in [0.4, 0.5) is 5.69 Å². The Hall–Kier alpha value is -2.16.